The van der Waals surface area contributed by atoms with Crippen LogP contribution in [0.3, 0.4) is 0 Å². The molecular formula is C23H30N4O2. The largest absolute Gasteiger partial charge is 0.497 e. The highest BCUT2D eigenvalue weighted by Crippen LogP contribution is 2.33. The smallest absolute Gasteiger partial charge is 0.158 e. The van der Waals surface area contributed by atoms with E-state index in [4.69, 9.17) is 19.6 Å². The van der Waals surface area contributed by atoms with Crippen LogP contribution in [-0.2, 0) is 6.42 Å². The fraction of sp³-hybridized carbons (Fsp3) is 0.478. The summed E-state index contributed by atoms with van der Waals surface area (Å²) < 4.78 is 12.9. The van der Waals surface area contributed by atoms with E-state index < -0.39 is 0 Å². The van der Waals surface area contributed by atoms with Gasteiger partial charge in [0.05, 0.1) is 19.9 Å². The Bertz CT molecular complexity index is 1010. The van der Waals surface area contributed by atoms with E-state index in [1.165, 1.54) is 24.2 Å². The van der Waals surface area contributed by atoms with Gasteiger partial charge in [-0.1, -0.05) is 13.8 Å². The third-order valence-corrected chi connectivity index (χ3v) is 5.84. The molecule has 1 aliphatic heterocycles. The minimum atomic E-state index is 0.689. The lowest BCUT2D eigenvalue weighted by molar-refractivity contribution is 0.394. The summed E-state index contributed by atoms with van der Waals surface area (Å²) in [6, 6.07) is 7.90. The Balaban J connectivity index is 1.89. The third-order valence-electron chi connectivity index (χ3n) is 5.84. The van der Waals surface area contributed by atoms with Gasteiger partial charge in [-0.2, -0.15) is 9.61 Å². The van der Waals surface area contributed by atoms with Crippen molar-refractivity contribution in [1.29, 1.82) is 0 Å². The summed E-state index contributed by atoms with van der Waals surface area (Å²) in [5.41, 5.74) is 5.08. The molecule has 1 aliphatic rings. The Labute approximate surface area is 172 Å². The number of ether oxygens (including phenoxy) is 2. The number of methoxy groups -OCH3 is 2. The van der Waals surface area contributed by atoms with E-state index in [0.29, 0.717) is 5.92 Å². The maximum Gasteiger partial charge on any atom is 0.158 e. The van der Waals surface area contributed by atoms with Crippen molar-refractivity contribution in [3.05, 3.63) is 35.5 Å². The highest BCUT2D eigenvalue weighted by molar-refractivity contribution is 5.69. The Hall–Kier alpha value is -2.76. The zero-order chi connectivity index (χ0) is 20.5. The predicted molar refractivity (Wildman–Crippen MR) is 116 cm³/mol. The molecule has 0 bridgehead atoms. The highest BCUT2D eigenvalue weighted by Gasteiger charge is 2.24. The van der Waals surface area contributed by atoms with Crippen LogP contribution in [0.25, 0.3) is 16.9 Å². The van der Waals surface area contributed by atoms with E-state index >= 15 is 0 Å². The zero-order valence-corrected chi connectivity index (χ0v) is 18.0. The number of nitrogens with zero attached hydrogens (tertiary/aromatic N) is 4. The van der Waals surface area contributed by atoms with Gasteiger partial charge in [0.1, 0.15) is 17.3 Å². The molecule has 0 N–H and O–H groups in total. The maximum atomic E-state index is 5.44. The average molecular weight is 395 g/mol. The van der Waals surface area contributed by atoms with Crippen LogP contribution in [0, 0.1) is 12.8 Å². The zero-order valence-electron chi connectivity index (χ0n) is 18.0. The van der Waals surface area contributed by atoms with Crippen LogP contribution in [0.2, 0.25) is 0 Å². The molecule has 1 fully saturated rings. The monoisotopic (exact) mass is 394 g/mol. The van der Waals surface area contributed by atoms with E-state index in [9.17, 15) is 0 Å². The molecule has 0 radical (unpaired) electrons. The molecule has 29 heavy (non-hydrogen) atoms. The number of piperidine rings is 1. The fourth-order valence-corrected chi connectivity index (χ4v) is 4.35. The lowest BCUT2D eigenvalue weighted by Crippen LogP contribution is -2.36. The van der Waals surface area contributed by atoms with E-state index in [0.717, 1.165) is 53.6 Å². The van der Waals surface area contributed by atoms with E-state index in [1.807, 2.05) is 22.7 Å². The standard InChI is InChI=1S/C23H30N4O2/c1-6-20-16(3)24-22-13-21(17-10-18(28-4)12-19(11-17)29-5)25-27(22)23(20)26-9-7-8-15(2)14-26/h10-13,15H,6-9,14H2,1-5H3/t15-/m0/s1. The first-order valence-corrected chi connectivity index (χ1v) is 10.4. The lowest BCUT2D eigenvalue weighted by atomic mass is 9.99. The molecule has 6 nitrogen and oxygen atoms in total. The van der Waals surface area contributed by atoms with Gasteiger partial charge in [-0.3, -0.25) is 0 Å². The summed E-state index contributed by atoms with van der Waals surface area (Å²) in [5.74, 6) is 3.39. The molecule has 6 heteroatoms. The molecule has 3 heterocycles. The predicted octanol–water partition coefficient (Wildman–Crippen LogP) is 4.52. The van der Waals surface area contributed by atoms with Gasteiger partial charge in [0.15, 0.2) is 5.65 Å². The molecule has 1 saturated heterocycles. The van der Waals surface area contributed by atoms with Crippen molar-refractivity contribution in [2.45, 2.75) is 40.0 Å². The molecule has 0 spiro atoms. The van der Waals surface area contributed by atoms with Crippen molar-refractivity contribution in [2.75, 3.05) is 32.2 Å². The first kappa shape index (κ1) is 19.6. The van der Waals surface area contributed by atoms with Crippen LogP contribution in [0.5, 0.6) is 11.5 Å². The second-order valence-electron chi connectivity index (χ2n) is 7.95. The van der Waals surface area contributed by atoms with Gasteiger partial charge < -0.3 is 14.4 Å². The Morgan fingerprint density at radius 3 is 2.45 bits per heavy atom. The summed E-state index contributed by atoms with van der Waals surface area (Å²) in [6.07, 6.45) is 3.45. The number of hydrogen-bond donors (Lipinski definition) is 0. The number of rotatable bonds is 5. The summed E-state index contributed by atoms with van der Waals surface area (Å²) in [7, 11) is 3.33. The Morgan fingerprint density at radius 2 is 1.83 bits per heavy atom. The minimum absolute atomic E-state index is 0.689. The number of benzene rings is 1. The van der Waals surface area contributed by atoms with Crippen LogP contribution in [0.15, 0.2) is 24.3 Å². The SMILES string of the molecule is CCc1c(C)nc2cc(-c3cc(OC)cc(OC)c3)nn2c1N1CCC[C@H](C)C1. The number of fused-ring (bicyclic) bond motifs is 1. The fourth-order valence-electron chi connectivity index (χ4n) is 4.35. The molecule has 0 unspecified atom stereocenters. The van der Waals surface area contributed by atoms with Crippen LogP contribution in [0.1, 0.15) is 37.9 Å². The van der Waals surface area contributed by atoms with Crippen LogP contribution < -0.4 is 14.4 Å². The van der Waals surface area contributed by atoms with Gasteiger partial charge in [0, 0.05) is 42.0 Å². The van der Waals surface area contributed by atoms with Crippen molar-refractivity contribution in [3.8, 4) is 22.8 Å². The molecule has 3 aromatic rings. The van der Waals surface area contributed by atoms with Crippen molar-refractivity contribution < 1.29 is 9.47 Å². The molecule has 0 saturated carbocycles. The summed E-state index contributed by atoms with van der Waals surface area (Å²) in [5, 5.41) is 4.99. The molecule has 2 aromatic heterocycles. The van der Waals surface area contributed by atoms with E-state index in [-0.39, 0.29) is 0 Å². The maximum absolute atomic E-state index is 5.44. The quantitative estimate of drug-likeness (QED) is 0.637. The lowest BCUT2D eigenvalue weighted by Gasteiger charge is -2.34. The van der Waals surface area contributed by atoms with Crippen molar-refractivity contribution in [2.24, 2.45) is 5.92 Å². The Kier molecular flexibility index (Phi) is 5.35. The summed E-state index contributed by atoms with van der Waals surface area (Å²) >= 11 is 0. The first-order valence-electron chi connectivity index (χ1n) is 10.4. The summed E-state index contributed by atoms with van der Waals surface area (Å²) in [6.45, 7) is 8.77. The van der Waals surface area contributed by atoms with Gasteiger partial charge in [-0.05, 0) is 44.2 Å². The van der Waals surface area contributed by atoms with Gasteiger partial charge in [0.25, 0.3) is 0 Å². The topological polar surface area (TPSA) is 51.9 Å². The van der Waals surface area contributed by atoms with Gasteiger partial charge in [0.2, 0.25) is 0 Å². The Morgan fingerprint density at radius 1 is 1.10 bits per heavy atom. The first-order chi connectivity index (χ1) is 14.0. The van der Waals surface area contributed by atoms with Gasteiger partial charge >= 0.3 is 0 Å². The van der Waals surface area contributed by atoms with Crippen LogP contribution in [-0.4, -0.2) is 41.9 Å². The molecule has 1 aromatic carbocycles. The molecule has 1 atom stereocenters. The summed E-state index contributed by atoms with van der Waals surface area (Å²) in [4.78, 5) is 7.36. The normalized spacial score (nSPS) is 17.0. The molecule has 0 amide bonds. The second-order valence-corrected chi connectivity index (χ2v) is 7.95. The molecular weight excluding hydrogens is 364 g/mol. The van der Waals surface area contributed by atoms with Crippen molar-refractivity contribution in [3.63, 3.8) is 0 Å². The van der Waals surface area contributed by atoms with Crippen LogP contribution >= 0.6 is 0 Å². The van der Waals surface area contributed by atoms with Gasteiger partial charge in [-0.15, -0.1) is 0 Å². The van der Waals surface area contributed by atoms with Crippen molar-refractivity contribution >= 4 is 11.5 Å². The van der Waals surface area contributed by atoms with Crippen LogP contribution in [0.4, 0.5) is 5.82 Å². The highest BCUT2D eigenvalue weighted by atomic mass is 16.5. The van der Waals surface area contributed by atoms with Crippen molar-refractivity contribution in [1.82, 2.24) is 14.6 Å². The number of hydrogen-bond acceptors (Lipinski definition) is 5. The van der Waals surface area contributed by atoms with Gasteiger partial charge in [-0.25, -0.2) is 4.98 Å². The van der Waals surface area contributed by atoms with E-state index in [2.05, 4.69) is 31.7 Å². The minimum Gasteiger partial charge on any atom is -0.497 e. The number of anilines is 1. The second kappa shape index (κ2) is 7.93. The third kappa shape index (κ3) is 3.63. The average Bonchev–Trinajstić information content (AvgIpc) is 3.15. The molecule has 0 aliphatic carbocycles. The molecule has 154 valence electrons. The molecule has 4 rings (SSSR count). The number of aromatic nitrogens is 3. The number of aryl methyl sites for hydroxylation is 1. The van der Waals surface area contributed by atoms with E-state index in [1.54, 1.807) is 14.2 Å².